The van der Waals surface area contributed by atoms with E-state index in [4.69, 9.17) is 26.1 Å². The van der Waals surface area contributed by atoms with Crippen LogP contribution in [0.5, 0.6) is 0 Å². The maximum atomic E-state index is 14.1. The highest BCUT2D eigenvalue weighted by Gasteiger charge is 2.45. The lowest BCUT2D eigenvalue weighted by atomic mass is 9.85. The first kappa shape index (κ1) is 50.0. The predicted molar refractivity (Wildman–Crippen MR) is 266 cm³/mol. The minimum atomic E-state index is -0.980. The maximum absolute atomic E-state index is 14.1. The Hall–Kier alpha value is -5.37. The predicted octanol–water partition coefficient (Wildman–Crippen LogP) is 6.67. The topological polar surface area (TPSA) is 202 Å². The summed E-state index contributed by atoms with van der Waals surface area (Å²) >= 11 is 9.47. The molecule has 1 unspecified atom stereocenters. The monoisotopic (exact) mass is 997 g/mol. The highest BCUT2D eigenvalue weighted by Crippen LogP contribution is 2.40. The summed E-state index contributed by atoms with van der Waals surface area (Å²) in [5.74, 6) is -0.164. The number of thiazole rings is 1. The standard InChI is InChI=1S/C50H60ClN9O7S2/c1-26-29(4)69-49-42(26)43(32-13-15-34(51)16-14-32)55-38(46-58-57-30(5)60(46)49)22-40(62)52-17-18-66-36-20-37(21-36)67-24-41(63)56-45(50(6,7)8)48(65)59-23-35(61)19-39(59)47(64)54-27(2)31-9-11-33(12-10-31)44-28(3)53-25-68-44/h9-16,25,27,35-39,45,61H,17-24H2,1-8H3,(H,52,62)(H,54,64)(H,56,63)/t27-,35+,36?,37?,38-,39-,45?/m0/s1. The number of halogens is 1. The normalized spacial score (nSPS) is 20.8. The Labute approximate surface area is 415 Å². The molecule has 2 aliphatic heterocycles. The summed E-state index contributed by atoms with van der Waals surface area (Å²) in [7, 11) is 0. The average Bonchev–Trinajstić information content (AvgIpc) is 4.06. The smallest absolute Gasteiger partial charge is 0.246 e. The molecule has 3 aliphatic rings. The van der Waals surface area contributed by atoms with E-state index in [1.54, 1.807) is 22.7 Å². The molecule has 5 heterocycles. The van der Waals surface area contributed by atoms with Crippen LogP contribution >= 0.6 is 34.3 Å². The molecule has 1 aliphatic carbocycles. The van der Waals surface area contributed by atoms with Gasteiger partial charge in [0, 0.05) is 40.5 Å². The Morgan fingerprint density at radius 1 is 0.913 bits per heavy atom. The minimum absolute atomic E-state index is 0.0268. The molecule has 366 valence electrons. The van der Waals surface area contributed by atoms with Gasteiger partial charge < -0.3 is 35.4 Å². The molecule has 3 aromatic heterocycles. The van der Waals surface area contributed by atoms with Crippen molar-refractivity contribution in [1.82, 2.24) is 40.6 Å². The number of nitrogens with zero attached hydrogens (tertiary/aromatic N) is 6. The number of benzene rings is 2. The molecule has 0 bridgehead atoms. The van der Waals surface area contributed by atoms with Crippen LogP contribution < -0.4 is 16.0 Å². The van der Waals surface area contributed by atoms with E-state index in [-0.39, 0.29) is 62.7 Å². The van der Waals surface area contributed by atoms with Crippen molar-refractivity contribution >= 4 is 63.6 Å². The van der Waals surface area contributed by atoms with Gasteiger partial charge in [-0.2, -0.15) is 0 Å². The quantitative estimate of drug-likeness (QED) is 0.0774. The Morgan fingerprint density at radius 3 is 2.29 bits per heavy atom. The molecule has 0 spiro atoms. The summed E-state index contributed by atoms with van der Waals surface area (Å²) < 4.78 is 13.9. The van der Waals surface area contributed by atoms with Crippen LogP contribution in [0.15, 0.2) is 59.0 Å². The van der Waals surface area contributed by atoms with Crippen LogP contribution in [-0.2, 0) is 28.7 Å². The zero-order valence-electron chi connectivity index (χ0n) is 40.2. The van der Waals surface area contributed by atoms with Gasteiger partial charge >= 0.3 is 0 Å². The summed E-state index contributed by atoms with van der Waals surface area (Å²) in [6.07, 6.45) is 0.0900. The average molecular weight is 999 g/mol. The number of carbonyl (C=O) groups is 4. The SMILES string of the molecule is Cc1ncsc1-c1ccc([C@H](C)NC(=O)[C@@H]2C[C@@H](O)CN2C(=O)C(NC(=O)COC2CC(OCCNC(=O)C[C@@H]3N=C(c4ccc(Cl)cc4)c4c(sc(C)c4C)-n4c(C)nnc43)C2)C(C)(C)C)cc1. The summed E-state index contributed by atoms with van der Waals surface area (Å²) in [5, 5.41) is 30.0. The van der Waals surface area contributed by atoms with Gasteiger partial charge in [0.25, 0.3) is 0 Å². The Balaban J connectivity index is 0.784. The molecule has 5 aromatic rings. The minimum Gasteiger partial charge on any atom is -0.391 e. The Bertz CT molecular complexity index is 2720. The number of nitrogens with one attached hydrogen (secondary N) is 3. The third-order valence-corrected chi connectivity index (χ3v) is 15.5. The summed E-state index contributed by atoms with van der Waals surface area (Å²) in [5.41, 5.74) is 7.78. The van der Waals surface area contributed by atoms with Gasteiger partial charge in [0.1, 0.15) is 35.6 Å². The number of likely N-dealkylation sites (tertiary alicyclic amines) is 1. The van der Waals surface area contributed by atoms with Crippen molar-refractivity contribution in [2.75, 3.05) is 26.3 Å². The zero-order valence-corrected chi connectivity index (χ0v) is 42.6. The zero-order chi connectivity index (χ0) is 49.3. The summed E-state index contributed by atoms with van der Waals surface area (Å²) in [6, 6.07) is 12.7. The second kappa shape index (κ2) is 20.9. The second-order valence-electron chi connectivity index (χ2n) is 19.2. The third kappa shape index (κ3) is 11.2. The van der Waals surface area contributed by atoms with E-state index >= 15 is 0 Å². The molecular weight excluding hydrogens is 938 g/mol. The number of aryl methyl sites for hydroxylation is 3. The number of aliphatic hydroxyl groups is 1. The van der Waals surface area contributed by atoms with Crippen LogP contribution in [0.25, 0.3) is 15.4 Å². The van der Waals surface area contributed by atoms with E-state index in [1.165, 1.54) is 4.90 Å². The van der Waals surface area contributed by atoms with Crippen LogP contribution in [0.4, 0.5) is 0 Å². The number of β-amino-alcohol motifs (C(OH)–C–C–N with tert-alkyl or cyclic N) is 1. The van der Waals surface area contributed by atoms with Gasteiger partial charge in [-0.3, -0.25) is 28.7 Å². The van der Waals surface area contributed by atoms with Crippen molar-refractivity contribution in [2.45, 2.75) is 124 Å². The van der Waals surface area contributed by atoms with E-state index < -0.39 is 41.5 Å². The second-order valence-corrected chi connectivity index (χ2v) is 21.7. The molecule has 8 rings (SSSR count). The molecule has 1 saturated carbocycles. The van der Waals surface area contributed by atoms with E-state index in [9.17, 15) is 24.3 Å². The summed E-state index contributed by atoms with van der Waals surface area (Å²) in [4.78, 5) is 67.7. The lowest BCUT2D eigenvalue weighted by molar-refractivity contribution is -0.147. The van der Waals surface area contributed by atoms with Crippen LogP contribution in [0.2, 0.25) is 5.02 Å². The van der Waals surface area contributed by atoms with Crippen LogP contribution in [0.3, 0.4) is 0 Å². The fourth-order valence-electron chi connectivity index (χ4n) is 9.00. The van der Waals surface area contributed by atoms with Crippen molar-refractivity contribution in [1.29, 1.82) is 0 Å². The highest BCUT2D eigenvalue weighted by molar-refractivity contribution is 7.15. The number of ether oxygens (including phenoxy) is 2. The van der Waals surface area contributed by atoms with Crippen molar-refractivity contribution in [3.05, 3.63) is 104 Å². The first-order chi connectivity index (χ1) is 32.9. The maximum Gasteiger partial charge on any atom is 0.246 e. The van der Waals surface area contributed by atoms with Crippen LogP contribution in [-0.4, -0.2) is 116 Å². The van der Waals surface area contributed by atoms with Gasteiger partial charge in [-0.15, -0.1) is 32.9 Å². The molecule has 19 heteroatoms. The number of rotatable bonds is 16. The fourth-order valence-corrected chi connectivity index (χ4v) is 11.1. The van der Waals surface area contributed by atoms with Crippen molar-refractivity contribution in [3.63, 3.8) is 0 Å². The van der Waals surface area contributed by atoms with Gasteiger partial charge in [0.2, 0.25) is 23.6 Å². The Morgan fingerprint density at radius 2 is 1.61 bits per heavy atom. The fraction of sp³-hybridized carbons (Fsp3) is 0.480. The number of amides is 4. The molecule has 4 N–H and O–H groups in total. The van der Waals surface area contributed by atoms with Gasteiger partial charge in [0.15, 0.2) is 5.82 Å². The van der Waals surface area contributed by atoms with Crippen molar-refractivity contribution in [3.8, 4) is 15.4 Å². The molecule has 2 aromatic carbocycles. The number of aliphatic hydroxyl groups excluding tert-OH is 1. The molecule has 2 fully saturated rings. The molecule has 0 radical (unpaired) electrons. The van der Waals surface area contributed by atoms with Crippen LogP contribution in [0, 0.1) is 33.1 Å². The number of hydrogen-bond acceptors (Lipinski definition) is 13. The first-order valence-electron chi connectivity index (χ1n) is 23.3. The number of carbonyl (C=O) groups excluding carboxylic acids is 4. The number of fused-ring (bicyclic) bond motifs is 3. The number of thiophene rings is 1. The summed E-state index contributed by atoms with van der Waals surface area (Å²) in [6.45, 7) is 15.7. The van der Waals surface area contributed by atoms with Crippen molar-refractivity contribution in [2.24, 2.45) is 10.4 Å². The Kier molecular flexibility index (Phi) is 15.2. The lowest BCUT2D eigenvalue weighted by Gasteiger charge is -2.36. The van der Waals surface area contributed by atoms with Gasteiger partial charge in [-0.05, 0) is 81.7 Å². The van der Waals surface area contributed by atoms with Crippen LogP contribution in [0.1, 0.15) is 110 Å². The highest BCUT2D eigenvalue weighted by atomic mass is 35.5. The third-order valence-electron chi connectivity index (χ3n) is 13.1. The number of hydrogen-bond donors (Lipinski definition) is 4. The van der Waals surface area contributed by atoms with Gasteiger partial charge in [-0.1, -0.05) is 68.8 Å². The van der Waals surface area contributed by atoms with E-state index in [2.05, 4.69) is 45.0 Å². The largest absolute Gasteiger partial charge is 0.391 e. The number of aliphatic imine (C=N–C) groups is 1. The molecule has 4 amide bonds. The lowest BCUT2D eigenvalue weighted by Crippen LogP contribution is -2.58. The van der Waals surface area contributed by atoms with Crippen molar-refractivity contribution < 1.29 is 33.8 Å². The number of aromatic nitrogens is 4. The molecule has 69 heavy (non-hydrogen) atoms. The van der Waals surface area contributed by atoms with Gasteiger partial charge in [-0.25, -0.2) is 4.98 Å². The molecule has 5 atom stereocenters. The molecule has 16 nitrogen and oxygen atoms in total. The van der Waals surface area contributed by atoms with E-state index in [0.717, 1.165) is 54.0 Å². The van der Waals surface area contributed by atoms with E-state index in [1.807, 2.05) is 100 Å². The molecule has 1 saturated heterocycles. The molecular formula is C50H60ClN9O7S2. The first-order valence-corrected chi connectivity index (χ1v) is 25.4. The van der Waals surface area contributed by atoms with E-state index in [0.29, 0.717) is 36.1 Å². The van der Waals surface area contributed by atoms with Gasteiger partial charge in [0.05, 0.1) is 59.2 Å².